The fourth-order valence-electron chi connectivity index (χ4n) is 0.937. The van der Waals surface area contributed by atoms with Gasteiger partial charge in [0.1, 0.15) is 0 Å². The molecule has 0 saturated heterocycles. The first kappa shape index (κ1) is 8.72. The summed E-state index contributed by atoms with van der Waals surface area (Å²) in [6.45, 7) is 11.6. The summed E-state index contributed by atoms with van der Waals surface area (Å²) >= 11 is 0. The lowest BCUT2D eigenvalue weighted by atomic mass is 10.1. The van der Waals surface area contributed by atoms with Crippen molar-refractivity contribution in [2.24, 2.45) is 0 Å². The molecule has 0 aliphatic carbocycles. The largest absolute Gasteiger partial charge is 0.261 e. The third-order valence-corrected chi connectivity index (χ3v) is 1.96. The highest BCUT2D eigenvalue weighted by atomic mass is 14.7. The molecule has 1 aromatic heterocycles. The van der Waals surface area contributed by atoms with Crippen molar-refractivity contribution in [3.05, 3.63) is 48.3 Å². The lowest BCUT2D eigenvalue weighted by Crippen LogP contribution is -1.89. The Morgan fingerprint density at radius 1 is 1.50 bits per heavy atom. The van der Waals surface area contributed by atoms with Crippen LogP contribution in [0.2, 0.25) is 0 Å². The molecule has 0 N–H and O–H groups in total. The summed E-state index contributed by atoms with van der Waals surface area (Å²) in [6, 6.07) is 2.08. The minimum atomic E-state index is 0.922. The molecule has 0 amide bonds. The van der Waals surface area contributed by atoms with E-state index in [1.54, 1.807) is 6.08 Å². The number of hydrogen-bond acceptors (Lipinski definition) is 1. The summed E-state index contributed by atoms with van der Waals surface area (Å²) in [5.41, 5.74) is 4.23. The fraction of sp³-hybridized carbons (Fsp3) is 0.182. The Morgan fingerprint density at radius 3 is 2.67 bits per heavy atom. The van der Waals surface area contributed by atoms with Crippen molar-refractivity contribution in [1.82, 2.24) is 4.98 Å². The zero-order chi connectivity index (χ0) is 9.14. The Hall–Kier alpha value is -1.37. The van der Waals surface area contributed by atoms with Crippen molar-refractivity contribution in [3.8, 4) is 0 Å². The molecule has 1 aromatic rings. The molecule has 0 fully saturated rings. The van der Waals surface area contributed by atoms with Gasteiger partial charge in [-0.2, -0.15) is 0 Å². The molecule has 0 bridgehead atoms. The van der Waals surface area contributed by atoms with Crippen molar-refractivity contribution in [1.29, 1.82) is 0 Å². The van der Waals surface area contributed by atoms with Crippen LogP contribution >= 0.6 is 0 Å². The summed E-state index contributed by atoms with van der Waals surface area (Å²) in [7, 11) is 0. The van der Waals surface area contributed by atoms with E-state index in [9.17, 15) is 0 Å². The molecule has 0 aliphatic heterocycles. The van der Waals surface area contributed by atoms with Gasteiger partial charge in [0.15, 0.2) is 0 Å². The zero-order valence-electron chi connectivity index (χ0n) is 7.59. The van der Waals surface area contributed by atoms with Crippen LogP contribution < -0.4 is 0 Å². The monoisotopic (exact) mass is 159 g/mol. The predicted molar refractivity (Wildman–Crippen MR) is 52.9 cm³/mol. The van der Waals surface area contributed by atoms with Gasteiger partial charge in [0, 0.05) is 11.9 Å². The topological polar surface area (TPSA) is 12.9 Å². The highest BCUT2D eigenvalue weighted by Crippen LogP contribution is 2.14. The average molecular weight is 159 g/mol. The summed E-state index contributed by atoms with van der Waals surface area (Å²) < 4.78 is 0. The van der Waals surface area contributed by atoms with Gasteiger partial charge >= 0.3 is 0 Å². The molecular formula is C11H13N. The number of hydrogen-bond donors (Lipinski definition) is 0. The molecular weight excluding hydrogens is 146 g/mol. The zero-order valence-corrected chi connectivity index (χ0v) is 7.59. The van der Waals surface area contributed by atoms with Crippen LogP contribution in [-0.2, 0) is 0 Å². The van der Waals surface area contributed by atoms with Crippen molar-refractivity contribution < 1.29 is 0 Å². The third kappa shape index (κ3) is 1.62. The van der Waals surface area contributed by atoms with Crippen molar-refractivity contribution in [2.45, 2.75) is 13.8 Å². The predicted octanol–water partition coefficient (Wildman–Crippen LogP) is 2.90. The van der Waals surface area contributed by atoms with Gasteiger partial charge in [-0.05, 0) is 36.6 Å². The van der Waals surface area contributed by atoms with E-state index in [2.05, 4.69) is 24.2 Å². The van der Waals surface area contributed by atoms with Gasteiger partial charge < -0.3 is 0 Å². The maximum absolute atomic E-state index is 4.24. The number of allylic oxidation sites excluding steroid dienone is 2. The number of aromatic nitrogens is 1. The first-order chi connectivity index (χ1) is 5.65. The summed E-state index contributed by atoms with van der Waals surface area (Å²) in [5, 5.41) is 0. The number of aryl methyl sites for hydroxylation is 2. The molecule has 0 aromatic carbocycles. The molecule has 1 nitrogen and oxygen atoms in total. The SMILES string of the molecule is C=CC(=C)c1cnc(C)c(C)c1. The fourth-order valence-corrected chi connectivity index (χ4v) is 0.937. The van der Waals surface area contributed by atoms with E-state index in [1.807, 2.05) is 20.0 Å². The third-order valence-electron chi connectivity index (χ3n) is 1.96. The van der Waals surface area contributed by atoms with Gasteiger partial charge in [0.25, 0.3) is 0 Å². The van der Waals surface area contributed by atoms with Gasteiger partial charge in [-0.15, -0.1) is 0 Å². The average Bonchev–Trinajstić information content (AvgIpc) is 2.08. The Balaban J connectivity index is 3.13. The van der Waals surface area contributed by atoms with E-state index in [0.29, 0.717) is 0 Å². The van der Waals surface area contributed by atoms with Gasteiger partial charge in [0.2, 0.25) is 0 Å². The van der Waals surface area contributed by atoms with Crippen LogP contribution in [0.15, 0.2) is 31.5 Å². The van der Waals surface area contributed by atoms with Gasteiger partial charge in [-0.25, -0.2) is 0 Å². The molecule has 0 aliphatic rings. The molecule has 0 radical (unpaired) electrons. The van der Waals surface area contributed by atoms with E-state index < -0.39 is 0 Å². The molecule has 0 atom stereocenters. The van der Waals surface area contributed by atoms with Crippen LogP contribution in [0.5, 0.6) is 0 Å². The van der Waals surface area contributed by atoms with Crippen LogP contribution in [-0.4, -0.2) is 4.98 Å². The Morgan fingerprint density at radius 2 is 2.17 bits per heavy atom. The molecule has 1 rings (SSSR count). The maximum atomic E-state index is 4.24. The highest BCUT2D eigenvalue weighted by molar-refractivity contribution is 5.71. The normalized spacial score (nSPS) is 9.50. The van der Waals surface area contributed by atoms with Gasteiger partial charge in [-0.1, -0.05) is 19.2 Å². The van der Waals surface area contributed by atoms with Crippen molar-refractivity contribution in [2.75, 3.05) is 0 Å². The number of nitrogens with zero attached hydrogens (tertiary/aromatic N) is 1. The summed E-state index contributed by atoms with van der Waals surface area (Å²) in [4.78, 5) is 4.24. The lowest BCUT2D eigenvalue weighted by Gasteiger charge is -2.03. The number of pyridine rings is 1. The van der Waals surface area contributed by atoms with Crippen molar-refractivity contribution >= 4 is 5.57 Å². The van der Waals surface area contributed by atoms with Crippen molar-refractivity contribution in [3.63, 3.8) is 0 Å². The lowest BCUT2D eigenvalue weighted by molar-refractivity contribution is 1.14. The van der Waals surface area contributed by atoms with Gasteiger partial charge in [0.05, 0.1) is 0 Å². The molecule has 1 heteroatoms. The van der Waals surface area contributed by atoms with Crippen LogP contribution in [0.1, 0.15) is 16.8 Å². The van der Waals surface area contributed by atoms with E-state index in [0.717, 1.165) is 16.8 Å². The summed E-state index contributed by atoms with van der Waals surface area (Å²) in [5.74, 6) is 0. The van der Waals surface area contributed by atoms with Crippen LogP contribution in [0.25, 0.3) is 5.57 Å². The minimum absolute atomic E-state index is 0.922. The second-order valence-corrected chi connectivity index (χ2v) is 2.86. The standard InChI is InChI=1S/C11H13N/c1-5-8(2)11-6-9(3)10(4)12-7-11/h5-7H,1-2H2,3-4H3. The highest BCUT2D eigenvalue weighted by Gasteiger charge is 1.97. The van der Waals surface area contributed by atoms with Crippen LogP contribution in [0, 0.1) is 13.8 Å². The summed E-state index contributed by atoms with van der Waals surface area (Å²) in [6.07, 6.45) is 3.57. The van der Waals surface area contributed by atoms with Crippen LogP contribution in [0.3, 0.4) is 0 Å². The van der Waals surface area contributed by atoms with E-state index >= 15 is 0 Å². The second kappa shape index (κ2) is 3.35. The maximum Gasteiger partial charge on any atom is 0.0402 e. The first-order valence-corrected chi connectivity index (χ1v) is 3.90. The number of rotatable bonds is 2. The molecule has 0 saturated carbocycles. The van der Waals surface area contributed by atoms with Gasteiger partial charge in [-0.3, -0.25) is 4.98 Å². The molecule has 0 spiro atoms. The van der Waals surface area contributed by atoms with E-state index in [-0.39, 0.29) is 0 Å². The Labute approximate surface area is 73.5 Å². The van der Waals surface area contributed by atoms with E-state index in [1.165, 1.54) is 5.56 Å². The first-order valence-electron chi connectivity index (χ1n) is 3.90. The smallest absolute Gasteiger partial charge is 0.0402 e. The van der Waals surface area contributed by atoms with Crippen LogP contribution in [0.4, 0.5) is 0 Å². The minimum Gasteiger partial charge on any atom is -0.261 e. The second-order valence-electron chi connectivity index (χ2n) is 2.86. The quantitative estimate of drug-likeness (QED) is 0.604. The van der Waals surface area contributed by atoms with E-state index in [4.69, 9.17) is 0 Å². The molecule has 12 heavy (non-hydrogen) atoms. The molecule has 1 heterocycles. The Kier molecular flexibility index (Phi) is 2.44. The molecule has 62 valence electrons. The molecule has 0 unspecified atom stereocenters. The Bertz CT molecular complexity index is 324.